The zero-order valence-corrected chi connectivity index (χ0v) is 25.7. The molecule has 0 saturated heterocycles. The van der Waals surface area contributed by atoms with Crippen LogP contribution >= 0.6 is 0 Å². The molecule has 212 valence electrons. The van der Waals surface area contributed by atoms with Crippen molar-refractivity contribution in [2.45, 2.75) is 33.1 Å². The van der Waals surface area contributed by atoms with Crippen molar-refractivity contribution in [2.24, 2.45) is 0 Å². The van der Waals surface area contributed by atoms with Crippen molar-refractivity contribution in [1.82, 2.24) is 4.57 Å². The average Bonchev–Trinajstić information content (AvgIpc) is 3.38. The molecule has 0 radical (unpaired) electrons. The fourth-order valence-corrected chi connectivity index (χ4v) is 6.97. The lowest BCUT2D eigenvalue weighted by Crippen LogP contribution is -2.10. The van der Waals surface area contributed by atoms with Gasteiger partial charge in [0.05, 0.1) is 11.0 Å². The van der Waals surface area contributed by atoms with E-state index in [1.807, 2.05) is 0 Å². The molecule has 1 heterocycles. The Morgan fingerprint density at radius 2 is 0.886 bits per heavy atom. The second kappa shape index (κ2) is 9.96. The van der Waals surface area contributed by atoms with Crippen molar-refractivity contribution >= 4 is 43.4 Å². The Morgan fingerprint density at radius 3 is 1.43 bits per heavy atom. The number of fused-ring (bicyclic) bond motifs is 5. The van der Waals surface area contributed by atoms with E-state index in [2.05, 4.69) is 172 Å². The molecule has 0 unspecified atom stereocenters. The number of rotatable bonds is 3. The molecule has 1 heteroatoms. The predicted octanol–water partition coefficient (Wildman–Crippen LogP) is 12.0. The SMILES string of the molecule is Cc1ccc(-c2c3ccccc3c(-c3ccc(-n4c5ccccc5c5ccccc54)cc3)c3cc(C(C)(C)C)ccc23)cc1. The lowest BCUT2D eigenvalue weighted by molar-refractivity contribution is 0.591. The van der Waals surface area contributed by atoms with Crippen LogP contribution in [0.25, 0.3) is 71.3 Å². The summed E-state index contributed by atoms with van der Waals surface area (Å²) < 4.78 is 2.39. The minimum atomic E-state index is 0.0432. The lowest BCUT2D eigenvalue weighted by Gasteiger charge is -2.23. The largest absolute Gasteiger partial charge is 0.309 e. The maximum Gasteiger partial charge on any atom is 0.0541 e. The van der Waals surface area contributed by atoms with Crippen LogP contribution in [0.5, 0.6) is 0 Å². The van der Waals surface area contributed by atoms with Crippen LogP contribution in [-0.2, 0) is 5.41 Å². The maximum atomic E-state index is 2.44. The van der Waals surface area contributed by atoms with Crippen molar-refractivity contribution in [3.05, 3.63) is 151 Å². The molecule has 0 aliphatic carbocycles. The van der Waals surface area contributed by atoms with Gasteiger partial charge in [-0.1, -0.05) is 136 Å². The van der Waals surface area contributed by atoms with E-state index in [9.17, 15) is 0 Å². The number of para-hydroxylation sites is 2. The highest BCUT2D eigenvalue weighted by Gasteiger charge is 2.20. The van der Waals surface area contributed by atoms with E-state index in [0.717, 1.165) is 0 Å². The quantitative estimate of drug-likeness (QED) is 0.188. The third-order valence-electron chi connectivity index (χ3n) is 9.22. The third kappa shape index (κ3) is 4.15. The number of benzene rings is 7. The number of hydrogen-bond acceptors (Lipinski definition) is 0. The Hall–Kier alpha value is -5.14. The van der Waals surface area contributed by atoms with E-state index >= 15 is 0 Å². The van der Waals surface area contributed by atoms with Crippen LogP contribution in [0, 0.1) is 6.92 Å². The Bertz CT molecular complexity index is 2290. The average molecular weight is 566 g/mol. The Labute approximate surface area is 259 Å². The number of hydrogen-bond donors (Lipinski definition) is 0. The number of aromatic nitrogens is 1. The summed E-state index contributed by atoms with van der Waals surface area (Å²) in [5.41, 5.74) is 11.4. The van der Waals surface area contributed by atoms with Gasteiger partial charge in [0.1, 0.15) is 0 Å². The summed E-state index contributed by atoms with van der Waals surface area (Å²) in [7, 11) is 0. The molecule has 7 aromatic carbocycles. The Kier molecular flexibility index (Phi) is 6.00. The number of nitrogens with zero attached hydrogens (tertiary/aromatic N) is 1. The molecule has 0 saturated carbocycles. The smallest absolute Gasteiger partial charge is 0.0541 e. The standard InChI is InChI=1S/C43H35N/c1-28-17-19-29(20-18-28)41-35-13-5-6-14-36(35)42(38-27-31(43(2,3)4)23-26-37(38)41)30-21-24-32(25-22-30)44-39-15-9-7-11-33(39)34-12-8-10-16-40(34)44/h5-27H,1-4H3. The molecule has 8 aromatic rings. The first-order chi connectivity index (χ1) is 21.4. The Morgan fingerprint density at radius 1 is 0.432 bits per heavy atom. The molecule has 0 spiro atoms. The minimum absolute atomic E-state index is 0.0432. The third-order valence-corrected chi connectivity index (χ3v) is 9.22. The van der Waals surface area contributed by atoms with Gasteiger partial charge in [0, 0.05) is 16.5 Å². The predicted molar refractivity (Wildman–Crippen MR) is 190 cm³/mol. The second-order valence-electron chi connectivity index (χ2n) is 13.1. The van der Waals surface area contributed by atoms with E-state index < -0.39 is 0 Å². The molecular formula is C43H35N. The molecule has 0 atom stereocenters. The minimum Gasteiger partial charge on any atom is -0.309 e. The number of aryl methyl sites for hydroxylation is 1. The molecule has 1 nitrogen and oxygen atoms in total. The van der Waals surface area contributed by atoms with Crippen molar-refractivity contribution < 1.29 is 0 Å². The molecule has 0 N–H and O–H groups in total. The highest BCUT2D eigenvalue weighted by Crippen LogP contribution is 2.45. The normalized spacial score (nSPS) is 12.1. The van der Waals surface area contributed by atoms with Crippen molar-refractivity contribution in [1.29, 1.82) is 0 Å². The van der Waals surface area contributed by atoms with Gasteiger partial charge in [0.2, 0.25) is 0 Å². The molecule has 0 bridgehead atoms. The molecule has 1 aromatic heterocycles. The summed E-state index contributed by atoms with van der Waals surface area (Å²) in [6, 6.07) is 51.7. The fraction of sp³-hybridized carbons (Fsp3) is 0.116. The van der Waals surface area contributed by atoms with Gasteiger partial charge in [0.25, 0.3) is 0 Å². The van der Waals surface area contributed by atoms with Gasteiger partial charge in [0.15, 0.2) is 0 Å². The first-order valence-electron chi connectivity index (χ1n) is 15.5. The van der Waals surface area contributed by atoms with Crippen molar-refractivity contribution in [3.63, 3.8) is 0 Å². The summed E-state index contributed by atoms with van der Waals surface area (Å²) in [5.74, 6) is 0. The Balaban J connectivity index is 1.41. The van der Waals surface area contributed by atoms with Crippen LogP contribution in [0.3, 0.4) is 0 Å². The van der Waals surface area contributed by atoms with Crippen LogP contribution in [-0.4, -0.2) is 4.57 Å². The van der Waals surface area contributed by atoms with E-state index in [4.69, 9.17) is 0 Å². The van der Waals surface area contributed by atoms with Gasteiger partial charge >= 0.3 is 0 Å². The summed E-state index contributed by atoms with van der Waals surface area (Å²) in [6.45, 7) is 9.06. The van der Waals surface area contributed by atoms with E-state index in [-0.39, 0.29) is 5.41 Å². The van der Waals surface area contributed by atoms with E-state index in [1.54, 1.807) is 0 Å². The summed E-state index contributed by atoms with van der Waals surface area (Å²) >= 11 is 0. The maximum absolute atomic E-state index is 2.44. The first kappa shape index (κ1) is 26.5. The highest BCUT2D eigenvalue weighted by molar-refractivity contribution is 6.21. The van der Waals surface area contributed by atoms with Gasteiger partial charge in [-0.2, -0.15) is 0 Å². The van der Waals surface area contributed by atoms with Gasteiger partial charge in [-0.15, -0.1) is 0 Å². The van der Waals surface area contributed by atoms with Crippen LogP contribution in [0.2, 0.25) is 0 Å². The van der Waals surface area contributed by atoms with Crippen molar-refractivity contribution in [3.8, 4) is 27.9 Å². The highest BCUT2D eigenvalue weighted by atomic mass is 15.0. The van der Waals surface area contributed by atoms with Crippen molar-refractivity contribution in [2.75, 3.05) is 0 Å². The van der Waals surface area contributed by atoms with E-state index in [0.29, 0.717) is 0 Å². The van der Waals surface area contributed by atoms with Gasteiger partial charge < -0.3 is 4.57 Å². The zero-order chi connectivity index (χ0) is 30.0. The van der Waals surface area contributed by atoms with Gasteiger partial charge in [-0.05, 0) is 92.0 Å². The first-order valence-corrected chi connectivity index (χ1v) is 15.5. The van der Waals surface area contributed by atoms with Crippen LogP contribution in [0.1, 0.15) is 31.9 Å². The van der Waals surface area contributed by atoms with Gasteiger partial charge in [-0.3, -0.25) is 0 Å². The fourth-order valence-electron chi connectivity index (χ4n) is 6.97. The topological polar surface area (TPSA) is 4.93 Å². The molecule has 8 rings (SSSR count). The summed E-state index contributed by atoms with van der Waals surface area (Å²) in [4.78, 5) is 0. The van der Waals surface area contributed by atoms with Gasteiger partial charge in [-0.25, -0.2) is 0 Å². The van der Waals surface area contributed by atoms with Crippen LogP contribution < -0.4 is 0 Å². The second-order valence-corrected chi connectivity index (χ2v) is 13.1. The summed E-state index contributed by atoms with van der Waals surface area (Å²) in [5, 5.41) is 7.73. The van der Waals surface area contributed by atoms with E-state index in [1.165, 1.54) is 82.4 Å². The lowest BCUT2D eigenvalue weighted by atomic mass is 9.81. The molecule has 0 aliphatic heterocycles. The summed E-state index contributed by atoms with van der Waals surface area (Å²) in [6.07, 6.45) is 0. The molecule has 44 heavy (non-hydrogen) atoms. The monoisotopic (exact) mass is 565 g/mol. The molecule has 0 aliphatic rings. The molecule has 0 amide bonds. The van der Waals surface area contributed by atoms with Crippen LogP contribution in [0.15, 0.2) is 140 Å². The molecule has 0 fully saturated rings. The van der Waals surface area contributed by atoms with Crippen LogP contribution in [0.4, 0.5) is 0 Å². The zero-order valence-electron chi connectivity index (χ0n) is 25.7. The molecular weight excluding hydrogens is 530 g/mol.